The van der Waals surface area contributed by atoms with E-state index in [2.05, 4.69) is 14.9 Å². The predicted molar refractivity (Wildman–Crippen MR) is 84.4 cm³/mol. The van der Waals surface area contributed by atoms with E-state index in [0.717, 1.165) is 11.1 Å². The Bertz CT molecular complexity index is 765. The van der Waals surface area contributed by atoms with E-state index in [9.17, 15) is 13.2 Å². The Morgan fingerprint density at radius 1 is 1.20 bits per heavy atom. The summed E-state index contributed by atoms with van der Waals surface area (Å²) in [6.07, 6.45) is -2.78. The van der Waals surface area contributed by atoms with Crippen molar-refractivity contribution in [2.24, 2.45) is 0 Å². The fourth-order valence-corrected chi connectivity index (χ4v) is 2.97. The molecule has 0 atom stereocenters. The summed E-state index contributed by atoms with van der Waals surface area (Å²) in [6, 6.07) is 5.65. The lowest BCUT2D eigenvalue weighted by Crippen LogP contribution is -2.31. The Kier molecular flexibility index (Phi) is 4.80. The summed E-state index contributed by atoms with van der Waals surface area (Å²) < 4.78 is 48.9. The number of alkyl halides is 3. The summed E-state index contributed by atoms with van der Waals surface area (Å²) in [7, 11) is 3.16. The van der Waals surface area contributed by atoms with Crippen molar-refractivity contribution >= 4 is 0 Å². The molecule has 0 bridgehead atoms. The van der Waals surface area contributed by atoms with Crippen LogP contribution in [0, 0.1) is 0 Å². The van der Waals surface area contributed by atoms with Gasteiger partial charge in [0.05, 0.1) is 19.9 Å². The van der Waals surface area contributed by atoms with Crippen LogP contribution in [0.1, 0.15) is 22.6 Å². The van der Waals surface area contributed by atoms with E-state index in [-0.39, 0.29) is 0 Å². The summed E-state index contributed by atoms with van der Waals surface area (Å²) >= 11 is 0. The molecule has 0 fully saturated rings. The third kappa shape index (κ3) is 3.68. The molecule has 25 heavy (non-hydrogen) atoms. The van der Waals surface area contributed by atoms with E-state index in [0.29, 0.717) is 43.2 Å². The van der Waals surface area contributed by atoms with Gasteiger partial charge in [0.2, 0.25) is 5.82 Å². The average Bonchev–Trinajstić information content (AvgIpc) is 2.60. The molecule has 134 valence electrons. The van der Waals surface area contributed by atoms with Gasteiger partial charge in [-0.2, -0.15) is 13.2 Å². The number of ether oxygens (including phenoxy) is 2. The Morgan fingerprint density at radius 2 is 2.00 bits per heavy atom. The maximum Gasteiger partial charge on any atom is 0.451 e. The van der Waals surface area contributed by atoms with Crippen LogP contribution in [0.15, 0.2) is 24.4 Å². The number of rotatable bonds is 4. The van der Waals surface area contributed by atoms with Crippen molar-refractivity contribution in [3.63, 3.8) is 0 Å². The lowest BCUT2D eigenvalue weighted by atomic mass is 10.1. The van der Waals surface area contributed by atoms with Crippen LogP contribution in [0.2, 0.25) is 0 Å². The van der Waals surface area contributed by atoms with Crippen LogP contribution in [0.5, 0.6) is 11.5 Å². The van der Waals surface area contributed by atoms with Crippen molar-refractivity contribution in [2.75, 3.05) is 20.8 Å². The van der Waals surface area contributed by atoms with Crippen molar-refractivity contribution in [3.8, 4) is 11.5 Å². The minimum absolute atomic E-state index is 0.452. The van der Waals surface area contributed by atoms with Gasteiger partial charge in [-0.15, -0.1) is 0 Å². The first-order chi connectivity index (χ1) is 11.9. The molecule has 1 aliphatic heterocycles. The molecule has 2 heterocycles. The molecule has 8 heteroatoms. The third-order valence-electron chi connectivity index (χ3n) is 4.14. The highest BCUT2D eigenvalue weighted by Crippen LogP contribution is 2.33. The maximum atomic E-state index is 12.7. The van der Waals surface area contributed by atoms with Crippen molar-refractivity contribution in [3.05, 3.63) is 47.0 Å². The van der Waals surface area contributed by atoms with Gasteiger partial charge in [-0.3, -0.25) is 4.90 Å². The molecule has 5 nitrogen and oxygen atoms in total. The topological polar surface area (TPSA) is 47.5 Å². The SMILES string of the molecule is COc1cccc(CN2CCc3nc(C(F)(F)F)ncc3C2)c1OC. The summed E-state index contributed by atoms with van der Waals surface area (Å²) in [5, 5.41) is 0. The first-order valence-electron chi connectivity index (χ1n) is 7.76. The first kappa shape index (κ1) is 17.5. The van der Waals surface area contributed by atoms with E-state index in [1.54, 1.807) is 14.2 Å². The molecule has 0 amide bonds. The van der Waals surface area contributed by atoms with Gasteiger partial charge in [0.1, 0.15) is 0 Å². The Hall–Kier alpha value is -2.35. The first-order valence-corrected chi connectivity index (χ1v) is 7.76. The van der Waals surface area contributed by atoms with Crippen molar-refractivity contribution in [1.29, 1.82) is 0 Å². The molecule has 0 radical (unpaired) electrons. The summed E-state index contributed by atoms with van der Waals surface area (Å²) in [5.41, 5.74) is 2.15. The van der Waals surface area contributed by atoms with Crippen LogP contribution in [-0.4, -0.2) is 35.6 Å². The average molecular weight is 353 g/mol. The Labute approximate surface area is 143 Å². The molecule has 3 rings (SSSR count). The standard InChI is InChI=1S/C17H18F3N3O2/c1-24-14-5-3-4-11(15(14)25-2)9-23-7-6-13-12(10-23)8-21-16(22-13)17(18,19)20/h3-5,8H,6-7,9-10H2,1-2H3. The number of hydrogen-bond donors (Lipinski definition) is 0. The highest BCUT2D eigenvalue weighted by molar-refractivity contribution is 5.46. The summed E-state index contributed by atoms with van der Waals surface area (Å²) in [6.45, 7) is 1.70. The maximum absolute atomic E-state index is 12.7. The van der Waals surface area contributed by atoms with Crippen molar-refractivity contribution in [2.45, 2.75) is 25.7 Å². The fraction of sp³-hybridized carbons (Fsp3) is 0.412. The number of nitrogens with zero attached hydrogens (tertiary/aromatic N) is 3. The zero-order valence-electron chi connectivity index (χ0n) is 13.9. The van der Waals surface area contributed by atoms with E-state index < -0.39 is 12.0 Å². The molecule has 2 aromatic rings. The van der Waals surface area contributed by atoms with E-state index in [1.165, 1.54) is 6.20 Å². The molecule has 0 saturated carbocycles. The monoisotopic (exact) mass is 353 g/mol. The molecule has 1 aromatic heterocycles. The lowest BCUT2D eigenvalue weighted by Gasteiger charge is -2.28. The van der Waals surface area contributed by atoms with Crippen LogP contribution in [-0.2, 0) is 25.7 Å². The molecule has 0 unspecified atom stereocenters. The second-order valence-corrected chi connectivity index (χ2v) is 5.78. The smallest absolute Gasteiger partial charge is 0.451 e. The van der Waals surface area contributed by atoms with Gasteiger partial charge in [0.15, 0.2) is 11.5 Å². The highest BCUT2D eigenvalue weighted by atomic mass is 19.4. The van der Waals surface area contributed by atoms with Crippen LogP contribution in [0.3, 0.4) is 0 Å². The number of benzene rings is 1. The molecule has 0 aliphatic carbocycles. The number of para-hydroxylation sites is 1. The van der Waals surface area contributed by atoms with Crippen LogP contribution in [0.25, 0.3) is 0 Å². The fourth-order valence-electron chi connectivity index (χ4n) is 2.97. The molecule has 1 aliphatic rings. The predicted octanol–water partition coefficient (Wildman–Crippen LogP) is 3.07. The molecule has 0 spiro atoms. The zero-order valence-corrected chi connectivity index (χ0v) is 13.9. The summed E-state index contributed by atoms with van der Waals surface area (Å²) in [4.78, 5) is 9.26. The number of halogens is 3. The number of methoxy groups -OCH3 is 2. The van der Waals surface area contributed by atoms with Gasteiger partial charge in [-0.25, -0.2) is 9.97 Å². The van der Waals surface area contributed by atoms with E-state index in [4.69, 9.17) is 9.47 Å². The molecular weight excluding hydrogens is 335 g/mol. The van der Waals surface area contributed by atoms with E-state index in [1.807, 2.05) is 18.2 Å². The second kappa shape index (κ2) is 6.87. The van der Waals surface area contributed by atoms with Crippen LogP contribution < -0.4 is 9.47 Å². The van der Waals surface area contributed by atoms with Crippen LogP contribution in [0.4, 0.5) is 13.2 Å². The van der Waals surface area contributed by atoms with Gasteiger partial charge in [0.25, 0.3) is 0 Å². The number of aromatic nitrogens is 2. The van der Waals surface area contributed by atoms with Crippen LogP contribution >= 0.6 is 0 Å². The third-order valence-corrected chi connectivity index (χ3v) is 4.14. The molecular formula is C17H18F3N3O2. The quantitative estimate of drug-likeness (QED) is 0.845. The van der Waals surface area contributed by atoms with Crippen molar-refractivity contribution < 1.29 is 22.6 Å². The van der Waals surface area contributed by atoms with Gasteiger partial charge >= 0.3 is 6.18 Å². The Morgan fingerprint density at radius 3 is 2.68 bits per heavy atom. The number of hydrogen-bond acceptors (Lipinski definition) is 5. The summed E-state index contributed by atoms with van der Waals surface area (Å²) in [5.74, 6) is 0.240. The largest absolute Gasteiger partial charge is 0.493 e. The molecule has 0 saturated heterocycles. The number of fused-ring (bicyclic) bond motifs is 1. The second-order valence-electron chi connectivity index (χ2n) is 5.78. The normalized spacial score (nSPS) is 14.9. The zero-order chi connectivity index (χ0) is 18.0. The molecule has 0 N–H and O–H groups in total. The Balaban J connectivity index is 1.78. The van der Waals surface area contributed by atoms with Gasteiger partial charge in [-0.1, -0.05) is 12.1 Å². The van der Waals surface area contributed by atoms with Gasteiger partial charge in [-0.05, 0) is 6.07 Å². The lowest BCUT2D eigenvalue weighted by molar-refractivity contribution is -0.145. The minimum Gasteiger partial charge on any atom is -0.493 e. The highest BCUT2D eigenvalue weighted by Gasteiger charge is 2.35. The minimum atomic E-state index is -4.51. The van der Waals surface area contributed by atoms with Crippen molar-refractivity contribution in [1.82, 2.24) is 14.9 Å². The van der Waals surface area contributed by atoms with Gasteiger partial charge < -0.3 is 9.47 Å². The van der Waals surface area contributed by atoms with Gasteiger partial charge in [0, 0.05) is 43.4 Å². The van der Waals surface area contributed by atoms with E-state index >= 15 is 0 Å². The molecule has 1 aromatic carbocycles.